The number of benzene rings is 1. The van der Waals surface area contributed by atoms with Crippen LogP contribution in [0.5, 0.6) is 0 Å². The molecule has 0 aliphatic carbocycles. The third-order valence-corrected chi connectivity index (χ3v) is 5.02. The standard InChI is InChI=1S/C14H20BrNO4S/c1-2-20-14(17)4-3-9-16-10-11-21(18,19)13-7-5-12(15)6-8-13/h5-8,16H,2-4,9-11H2,1H3. The van der Waals surface area contributed by atoms with Crippen molar-refractivity contribution in [2.24, 2.45) is 0 Å². The molecule has 0 radical (unpaired) electrons. The zero-order valence-corrected chi connectivity index (χ0v) is 14.4. The van der Waals surface area contributed by atoms with Crippen LogP contribution in [0.1, 0.15) is 19.8 Å². The van der Waals surface area contributed by atoms with Gasteiger partial charge in [0.1, 0.15) is 0 Å². The van der Waals surface area contributed by atoms with Crippen LogP contribution in [0, 0.1) is 0 Å². The van der Waals surface area contributed by atoms with Crippen molar-refractivity contribution < 1.29 is 17.9 Å². The average Bonchev–Trinajstić information content (AvgIpc) is 2.43. The van der Waals surface area contributed by atoms with E-state index in [1.54, 1.807) is 31.2 Å². The Kier molecular flexibility index (Phi) is 7.92. The van der Waals surface area contributed by atoms with E-state index in [1.807, 2.05) is 0 Å². The molecule has 0 aliphatic rings. The van der Waals surface area contributed by atoms with Gasteiger partial charge in [0.05, 0.1) is 17.3 Å². The molecule has 21 heavy (non-hydrogen) atoms. The minimum absolute atomic E-state index is 0.0358. The van der Waals surface area contributed by atoms with Crippen molar-refractivity contribution in [3.63, 3.8) is 0 Å². The molecule has 0 aliphatic heterocycles. The number of esters is 1. The van der Waals surface area contributed by atoms with E-state index in [1.165, 1.54) is 0 Å². The van der Waals surface area contributed by atoms with Gasteiger partial charge in [-0.3, -0.25) is 4.79 Å². The SMILES string of the molecule is CCOC(=O)CCCNCCS(=O)(=O)c1ccc(Br)cc1. The number of hydrogen-bond acceptors (Lipinski definition) is 5. The molecule has 0 heterocycles. The first-order valence-electron chi connectivity index (χ1n) is 6.80. The highest BCUT2D eigenvalue weighted by Crippen LogP contribution is 2.15. The monoisotopic (exact) mass is 377 g/mol. The van der Waals surface area contributed by atoms with E-state index in [4.69, 9.17) is 4.74 Å². The highest BCUT2D eigenvalue weighted by atomic mass is 79.9. The minimum Gasteiger partial charge on any atom is -0.466 e. The second-order valence-corrected chi connectivity index (χ2v) is 7.46. The Balaban J connectivity index is 2.25. The number of hydrogen-bond donors (Lipinski definition) is 1. The predicted octanol–water partition coefficient (Wildman–Crippen LogP) is 2.16. The van der Waals surface area contributed by atoms with Crippen molar-refractivity contribution in [2.45, 2.75) is 24.7 Å². The van der Waals surface area contributed by atoms with Crippen molar-refractivity contribution in [1.29, 1.82) is 0 Å². The summed E-state index contributed by atoms with van der Waals surface area (Å²) in [7, 11) is -3.26. The molecular weight excluding hydrogens is 358 g/mol. The Labute approximate surface area is 134 Å². The van der Waals surface area contributed by atoms with Crippen LogP contribution < -0.4 is 5.32 Å². The quantitative estimate of drug-likeness (QED) is 0.527. The van der Waals surface area contributed by atoms with Gasteiger partial charge < -0.3 is 10.1 Å². The van der Waals surface area contributed by atoms with Crippen molar-refractivity contribution in [1.82, 2.24) is 5.32 Å². The Morgan fingerprint density at radius 3 is 2.52 bits per heavy atom. The summed E-state index contributed by atoms with van der Waals surface area (Å²) >= 11 is 3.27. The summed E-state index contributed by atoms with van der Waals surface area (Å²) in [5.41, 5.74) is 0. The molecule has 118 valence electrons. The summed E-state index contributed by atoms with van der Waals surface area (Å²) in [6, 6.07) is 6.58. The minimum atomic E-state index is -3.26. The maximum absolute atomic E-state index is 12.0. The fourth-order valence-corrected chi connectivity index (χ4v) is 3.15. The van der Waals surface area contributed by atoms with Crippen LogP contribution in [0.15, 0.2) is 33.6 Å². The molecule has 0 amide bonds. The summed E-state index contributed by atoms with van der Waals surface area (Å²) in [4.78, 5) is 11.4. The molecule has 0 unspecified atom stereocenters. The summed E-state index contributed by atoms with van der Waals surface area (Å²) in [5.74, 6) is -0.185. The largest absolute Gasteiger partial charge is 0.466 e. The second kappa shape index (κ2) is 9.17. The van der Waals surface area contributed by atoms with Gasteiger partial charge in [0.15, 0.2) is 9.84 Å². The number of carbonyl (C=O) groups excluding carboxylic acids is 1. The average molecular weight is 378 g/mol. The lowest BCUT2D eigenvalue weighted by Gasteiger charge is -2.06. The van der Waals surface area contributed by atoms with Crippen molar-refractivity contribution in [2.75, 3.05) is 25.4 Å². The van der Waals surface area contributed by atoms with Gasteiger partial charge in [-0.1, -0.05) is 15.9 Å². The fourth-order valence-electron chi connectivity index (χ4n) is 1.68. The smallest absolute Gasteiger partial charge is 0.305 e. The summed E-state index contributed by atoms with van der Waals surface area (Å²) in [6.07, 6.45) is 0.984. The summed E-state index contributed by atoms with van der Waals surface area (Å²) in [5, 5.41) is 3.02. The normalized spacial score (nSPS) is 11.3. The highest BCUT2D eigenvalue weighted by molar-refractivity contribution is 9.10. The molecule has 0 fully saturated rings. The van der Waals surface area contributed by atoms with Crippen LogP contribution in [0.25, 0.3) is 0 Å². The Morgan fingerprint density at radius 1 is 1.24 bits per heavy atom. The van der Waals surface area contributed by atoms with E-state index in [0.717, 1.165) is 4.47 Å². The number of carbonyl (C=O) groups is 1. The molecule has 0 atom stereocenters. The zero-order chi connectivity index (χ0) is 15.7. The molecule has 0 saturated carbocycles. The first kappa shape index (κ1) is 18.1. The van der Waals surface area contributed by atoms with E-state index < -0.39 is 9.84 Å². The number of rotatable bonds is 9. The number of halogens is 1. The first-order chi connectivity index (χ1) is 9.95. The Morgan fingerprint density at radius 2 is 1.90 bits per heavy atom. The van der Waals surface area contributed by atoms with Crippen LogP contribution in [0.4, 0.5) is 0 Å². The maximum Gasteiger partial charge on any atom is 0.305 e. The third kappa shape index (κ3) is 7.06. The van der Waals surface area contributed by atoms with Crippen molar-refractivity contribution >= 4 is 31.7 Å². The van der Waals surface area contributed by atoms with Crippen molar-refractivity contribution in [3.05, 3.63) is 28.7 Å². The Bertz CT molecular complexity index is 543. The molecule has 0 aromatic heterocycles. The van der Waals surface area contributed by atoms with E-state index in [2.05, 4.69) is 21.2 Å². The van der Waals surface area contributed by atoms with Crippen LogP contribution in [0.2, 0.25) is 0 Å². The molecule has 7 heteroatoms. The summed E-state index contributed by atoms with van der Waals surface area (Å²) in [6.45, 7) is 3.11. The second-order valence-electron chi connectivity index (χ2n) is 4.43. The first-order valence-corrected chi connectivity index (χ1v) is 9.25. The lowest BCUT2D eigenvalue weighted by molar-refractivity contribution is -0.143. The van der Waals surface area contributed by atoms with Crippen LogP contribution in [-0.2, 0) is 19.4 Å². The van der Waals surface area contributed by atoms with E-state index in [9.17, 15) is 13.2 Å². The molecule has 1 N–H and O–H groups in total. The third-order valence-electron chi connectivity index (χ3n) is 2.76. The van der Waals surface area contributed by atoms with Gasteiger partial charge in [-0.15, -0.1) is 0 Å². The van der Waals surface area contributed by atoms with E-state index in [0.29, 0.717) is 37.4 Å². The molecule has 1 rings (SSSR count). The number of ether oxygens (including phenoxy) is 1. The van der Waals surface area contributed by atoms with E-state index in [-0.39, 0.29) is 11.7 Å². The zero-order valence-electron chi connectivity index (χ0n) is 12.0. The molecule has 0 bridgehead atoms. The van der Waals surface area contributed by atoms with Gasteiger partial charge in [-0.2, -0.15) is 0 Å². The number of sulfone groups is 1. The van der Waals surface area contributed by atoms with Gasteiger partial charge >= 0.3 is 5.97 Å². The molecule has 1 aromatic carbocycles. The lowest BCUT2D eigenvalue weighted by atomic mass is 10.3. The van der Waals surface area contributed by atoms with Gasteiger partial charge in [-0.25, -0.2) is 8.42 Å². The van der Waals surface area contributed by atoms with Gasteiger partial charge in [0, 0.05) is 17.4 Å². The van der Waals surface area contributed by atoms with Gasteiger partial charge in [0.25, 0.3) is 0 Å². The Hall–Kier alpha value is -0.920. The van der Waals surface area contributed by atoms with Crippen LogP contribution >= 0.6 is 15.9 Å². The molecule has 0 saturated heterocycles. The molecule has 1 aromatic rings. The van der Waals surface area contributed by atoms with Crippen molar-refractivity contribution in [3.8, 4) is 0 Å². The van der Waals surface area contributed by atoms with Crippen LogP contribution in [0.3, 0.4) is 0 Å². The van der Waals surface area contributed by atoms with Gasteiger partial charge in [0.2, 0.25) is 0 Å². The lowest BCUT2D eigenvalue weighted by Crippen LogP contribution is -2.24. The topological polar surface area (TPSA) is 72.5 Å². The summed E-state index contributed by atoms with van der Waals surface area (Å²) < 4.78 is 29.7. The number of nitrogens with one attached hydrogen (secondary N) is 1. The molecule has 0 spiro atoms. The fraction of sp³-hybridized carbons (Fsp3) is 0.500. The molecular formula is C14H20BrNO4S. The van der Waals surface area contributed by atoms with Crippen LogP contribution in [-0.4, -0.2) is 39.8 Å². The molecule has 5 nitrogen and oxygen atoms in total. The highest BCUT2D eigenvalue weighted by Gasteiger charge is 2.13. The van der Waals surface area contributed by atoms with Gasteiger partial charge in [-0.05, 0) is 44.2 Å². The van der Waals surface area contributed by atoms with E-state index >= 15 is 0 Å². The predicted molar refractivity (Wildman–Crippen MR) is 84.9 cm³/mol. The maximum atomic E-state index is 12.0.